The Labute approximate surface area is 133 Å². The molecule has 0 saturated carbocycles. The quantitative estimate of drug-likeness (QED) is 0.877. The Morgan fingerprint density at radius 1 is 1.43 bits per heavy atom. The van der Waals surface area contributed by atoms with E-state index in [0.29, 0.717) is 24.3 Å². The molecule has 2 saturated heterocycles. The molecule has 2 atom stereocenters. The van der Waals surface area contributed by atoms with Gasteiger partial charge in [-0.3, -0.25) is 9.69 Å². The molecule has 2 fully saturated rings. The second kappa shape index (κ2) is 6.54. The van der Waals surface area contributed by atoms with Gasteiger partial charge in [-0.1, -0.05) is 6.07 Å². The van der Waals surface area contributed by atoms with Crippen LogP contribution in [0.4, 0.5) is 14.9 Å². The van der Waals surface area contributed by atoms with Gasteiger partial charge in [0.2, 0.25) is 0 Å². The van der Waals surface area contributed by atoms with Crippen molar-refractivity contribution in [2.24, 2.45) is 0 Å². The molecule has 7 heteroatoms. The van der Waals surface area contributed by atoms with Crippen LogP contribution in [0.2, 0.25) is 0 Å². The summed E-state index contributed by atoms with van der Waals surface area (Å²) in [4.78, 5) is 27.5. The summed E-state index contributed by atoms with van der Waals surface area (Å²) in [6.07, 6.45) is -0.102. The van der Waals surface area contributed by atoms with Crippen molar-refractivity contribution in [1.29, 1.82) is 0 Å². The van der Waals surface area contributed by atoms with E-state index in [9.17, 15) is 19.1 Å². The summed E-state index contributed by atoms with van der Waals surface area (Å²) in [7, 11) is 0. The number of urea groups is 1. The second-order valence-electron chi connectivity index (χ2n) is 5.91. The van der Waals surface area contributed by atoms with Gasteiger partial charge in [-0.2, -0.15) is 0 Å². The molecule has 23 heavy (non-hydrogen) atoms. The highest BCUT2D eigenvalue weighted by Crippen LogP contribution is 2.24. The smallest absolute Gasteiger partial charge is 0.321 e. The summed E-state index contributed by atoms with van der Waals surface area (Å²) in [6, 6.07) is 6.11. The van der Waals surface area contributed by atoms with Gasteiger partial charge in [0.15, 0.2) is 0 Å². The number of aliphatic hydroxyl groups excluding tert-OH is 1. The SMILES string of the molecule is O=C1NCCCN1c1cccc(C(=O)N2C[C@@H](F)C[C@H]2CO)c1. The first-order valence-electron chi connectivity index (χ1n) is 7.81. The molecule has 0 aliphatic carbocycles. The van der Waals surface area contributed by atoms with Crippen LogP contribution in [0.25, 0.3) is 0 Å². The largest absolute Gasteiger partial charge is 0.394 e. The van der Waals surface area contributed by atoms with E-state index in [-0.39, 0.29) is 31.5 Å². The molecule has 3 amide bonds. The fourth-order valence-corrected chi connectivity index (χ4v) is 3.13. The number of aliphatic hydroxyl groups is 1. The van der Waals surface area contributed by atoms with E-state index in [4.69, 9.17) is 0 Å². The van der Waals surface area contributed by atoms with Gasteiger partial charge in [0.05, 0.1) is 19.2 Å². The zero-order valence-corrected chi connectivity index (χ0v) is 12.7. The molecule has 1 aromatic carbocycles. The summed E-state index contributed by atoms with van der Waals surface area (Å²) >= 11 is 0. The zero-order chi connectivity index (χ0) is 16.4. The number of benzene rings is 1. The van der Waals surface area contributed by atoms with Crippen LogP contribution in [0.1, 0.15) is 23.2 Å². The third kappa shape index (κ3) is 3.14. The average Bonchev–Trinajstić information content (AvgIpc) is 2.95. The monoisotopic (exact) mass is 321 g/mol. The lowest BCUT2D eigenvalue weighted by atomic mass is 10.1. The van der Waals surface area contributed by atoms with E-state index in [1.165, 1.54) is 4.90 Å². The number of hydrogen-bond acceptors (Lipinski definition) is 3. The fraction of sp³-hybridized carbons (Fsp3) is 0.500. The van der Waals surface area contributed by atoms with E-state index in [1.54, 1.807) is 29.2 Å². The Balaban J connectivity index is 1.82. The number of carbonyl (C=O) groups is 2. The molecule has 0 bridgehead atoms. The Bertz CT molecular complexity index is 610. The first-order valence-corrected chi connectivity index (χ1v) is 7.81. The van der Waals surface area contributed by atoms with Gasteiger partial charge in [-0.15, -0.1) is 0 Å². The Morgan fingerprint density at radius 3 is 3.00 bits per heavy atom. The number of amides is 3. The molecule has 6 nitrogen and oxygen atoms in total. The summed E-state index contributed by atoms with van der Waals surface area (Å²) in [5.74, 6) is -0.316. The lowest BCUT2D eigenvalue weighted by Gasteiger charge is -2.28. The van der Waals surface area contributed by atoms with Gasteiger partial charge < -0.3 is 15.3 Å². The number of nitrogens with one attached hydrogen (secondary N) is 1. The third-order valence-corrected chi connectivity index (χ3v) is 4.32. The molecule has 2 heterocycles. The Morgan fingerprint density at radius 2 is 2.26 bits per heavy atom. The van der Waals surface area contributed by atoms with Crippen LogP contribution in [-0.2, 0) is 0 Å². The molecule has 2 N–H and O–H groups in total. The predicted octanol–water partition coefficient (Wildman–Crippen LogP) is 1.15. The third-order valence-electron chi connectivity index (χ3n) is 4.32. The molecule has 0 spiro atoms. The minimum atomic E-state index is -1.10. The Kier molecular flexibility index (Phi) is 4.47. The van der Waals surface area contributed by atoms with Crippen molar-refractivity contribution in [3.63, 3.8) is 0 Å². The number of rotatable bonds is 3. The first-order chi connectivity index (χ1) is 11.1. The van der Waals surface area contributed by atoms with Gasteiger partial charge in [0, 0.05) is 30.8 Å². The molecular weight excluding hydrogens is 301 g/mol. The maximum absolute atomic E-state index is 13.5. The summed E-state index contributed by atoms with van der Waals surface area (Å²) in [6.45, 7) is 0.996. The van der Waals surface area contributed by atoms with Crippen molar-refractivity contribution >= 4 is 17.6 Å². The minimum absolute atomic E-state index is 0.00150. The normalized spacial score (nSPS) is 24.7. The molecule has 0 aromatic heterocycles. The van der Waals surface area contributed by atoms with E-state index in [0.717, 1.165) is 6.42 Å². The molecule has 0 radical (unpaired) electrons. The number of alkyl halides is 1. The molecule has 2 aliphatic rings. The highest BCUT2D eigenvalue weighted by atomic mass is 19.1. The van der Waals surface area contributed by atoms with Gasteiger partial charge >= 0.3 is 6.03 Å². The molecule has 0 unspecified atom stereocenters. The summed E-state index contributed by atoms with van der Waals surface area (Å²) in [5.41, 5.74) is 1.04. The predicted molar refractivity (Wildman–Crippen MR) is 83.2 cm³/mol. The highest BCUT2D eigenvalue weighted by Gasteiger charge is 2.35. The lowest BCUT2D eigenvalue weighted by Crippen LogP contribution is -2.46. The fourth-order valence-electron chi connectivity index (χ4n) is 3.13. The van der Waals surface area contributed by atoms with Crippen LogP contribution in [-0.4, -0.2) is 60.4 Å². The molecule has 1 aromatic rings. The van der Waals surface area contributed by atoms with Crippen molar-refractivity contribution in [1.82, 2.24) is 10.2 Å². The minimum Gasteiger partial charge on any atom is -0.394 e. The molecule has 2 aliphatic heterocycles. The van der Waals surface area contributed by atoms with Gasteiger partial charge in [0.25, 0.3) is 5.91 Å². The lowest BCUT2D eigenvalue weighted by molar-refractivity contribution is 0.0673. The van der Waals surface area contributed by atoms with Crippen molar-refractivity contribution in [3.8, 4) is 0 Å². The summed E-state index contributed by atoms with van der Waals surface area (Å²) in [5, 5.41) is 12.1. The van der Waals surface area contributed by atoms with Gasteiger partial charge in [0.1, 0.15) is 6.17 Å². The topological polar surface area (TPSA) is 72.9 Å². The molecule has 124 valence electrons. The summed E-state index contributed by atoms with van der Waals surface area (Å²) < 4.78 is 13.5. The number of carbonyl (C=O) groups excluding carboxylic acids is 2. The van der Waals surface area contributed by atoms with Gasteiger partial charge in [-0.05, 0) is 24.6 Å². The maximum Gasteiger partial charge on any atom is 0.321 e. The van der Waals surface area contributed by atoms with Crippen LogP contribution in [0.5, 0.6) is 0 Å². The van der Waals surface area contributed by atoms with Crippen molar-refractivity contribution in [2.75, 3.05) is 31.1 Å². The number of nitrogens with zero attached hydrogens (tertiary/aromatic N) is 2. The van der Waals surface area contributed by atoms with Crippen LogP contribution in [0, 0.1) is 0 Å². The standard InChI is InChI=1S/C16H20FN3O3/c17-12-8-14(10-21)20(9-12)15(22)11-3-1-4-13(7-11)19-6-2-5-18-16(19)23/h1,3-4,7,12,14,21H,2,5-6,8-10H2,(H,18,23)/t12-,14-/m0/s1. The van der Waals surface area contributed by atoms with E-state index in [1.807, 2.05) is 0 Å². The maximum atomic E-state index is 13.5. The molecule has 3 rings (SSSR count). The van der Waals surface area contributed by atoms with Crippen molar-refractivity contribution in [2.45, 2.75) is 25.1 Å². The van der Waals surface area contributed by atoms with E-state index < -0.39 is 12.2 Å². The van der Waals surface area contributed by atoms with Gasteiger partial charge in [-0.25, -0.2) is 9.18 Å². The van der Waals surface area contributed by atoms with Crippen molar-refractivity contribution < 1.29 is 19.1 Å². The average molecular weight is 321 g/mol. The van der Waals surface area contributed by atoms with Crippen LogP contribution in [0.15, 0.2) is 24.3 Å². The number of halogens is 1. The van der Waals surface area contributed by atoms with Crippen LogP contribution in [0.3, 0.4) is 0 Å². The van der Waals surface area contributed by atoms with E-state index >= 15 is 0 Å². The van der Waals surface area contributed by atoms with E-state index in [2.05, 4.69) is 5.32 Å². The van der Waals surface area contributed by atoms with Crippen LogP contribution < -0.4 is 10.2 Å². The second-order valence-corrected chi connectivity index (χ2v) is 5.91. The highest BCUT2D eigenvalue weighted by molar-refractivity contribution is 5.98. The number of anilines is 1. The Hall–Kier alpha value is -2.15. The van der Waals surface area contributed by atoms with Crippen LogP contribution >= 0.6 is 0 Å². The number of likely N-dealkylation sites (tertiary alicyclic amines) is 1. The zero-order valence-electron chi connectivity index (χ0n) is 12.7. The number of hydrogen-bond donors (Lipinski definition) is 2. The van der Waals surface area contributed by atoms with Crippen molar-refractivity contribution in [3.05, 3.63) is 29.8 Å². The molecular formula is C16H20FN3O3. The first kappa shape index (κ1) is 15.7.